The molecular weight excluding hydrogens is 226 g/mol. The summed E-state index contributed by atoms with van der Waals surface area (Å²) in [6, 6.07) is 1.17. The molecule has 0 aromatic carbocycles. The minimum Gasteiger partial charge on any atom is -0.368 e. The molecule has 3 N–H and O–H groups in total. The number of amides is 1. The summed E-state index contributed by atoms with van der Waals surface area (Å²) < 4.78 is 0. The summed E-state index contributed by atoms with van der Waals surface area (Å²) in [5.74, 6) is -0.219. The molecule has 0 aromatic heterocycles. The van der Waals surface area contributed by atoms with Gasteiger partial charge in [0.15, 0.2) is 0 Å². The highest BCUT2D eigenvalue weighted by molar-refractivity contribution is 5.79. The second-order valence-corrected chi connectivity index (χ2v) is 5.42. The molecule has 1 fully saturated rings. The van der Waals surface area contributed by atoms with E-state index >= 15 is 0 Å². The summed E-state index contributed by atoms with van der Waals surface area (Å²) in [7, 11) is 0. The number of carbonyl (C=O) groups excluding carboxylic acids is 1. The maximum Gasteiger partial charge on any atom is 0.234 e. The van der Waals surface area contributed by atoms with Gasteiger partial charge in [0.05, 0.1) is 6.04 Å². The van der Waals surface area contributed by atoms with E-state index in [0.29, 0.717) is 12.1 Å². The van der Waals surface area contributed by atoms with Crippen molar-refractivity contribution >= 4 is 5.91 Å². The zero-order valence-electron chi connectivity index (χ0n) is 12.1. The maximum atomic E-state index is 11.4. The molecule has 1 aliphatic rings. The van der Waals surface area contributed by atoms with Gasteiger partial charge in [0.1, 0.15) is 0 Å². The Bertz CT molecular complexity index is 257. The molecule has 0 spiro atoms. The van der Waals surface area contributed by atoms with Gasteiger partial charge in [-0.2, -0.15) is 0 Å². The molecule has 106 valence electrons. The zero-order chi connectivity index (χ0) is 13.5. The van der Waals surface area contributed by atoms with Gasteiger partial charge in [0, 0.05) is 18.6 Å². The highest BCUT2D eigenvalue weighted by Crippen LogP contribution is 2.26. The van der Waals surface area contributed by atoms with Crippen LogP contribution in [-0.4, -0.2) is 42.0 Å². The van der Waals surface area contributed by atoms with Crippen molar-refractivity contribution in [2.75, 3.05) is 13.1 Å². The van der Waals surface area contributed by atoms with Crippen molar-refractivity contribution in [1.29, 1.82) is 0 Å². The lowest BCUT2D eigenvalue weighted by Gasteiger charge is -2.29. The van der Waals surface area contributed by atoms with Crippen molar-refractivity contribution in [2.45, 2.75) is 71.0 Å². The van der Waals surface area contributed by atoms with Crippen LogP contribution in [0.5, 0.6) is 0 Å². The number of likely N-dealkylation sites (tertiary alicyclic amines) is 1. The Hall–Kier alpha value is -0.610. The monoisotopic (exact) mass is 255 g/mol. The van der Waals surface area contributed by atoms with Crippen LogP contribution in [0.1, 0.15) is 52.9 Å². The number of hydrogen-bond acceptors (Lipinski definition) is 3. The minimum absolute atomic E-state index is 0.171. The van der Waals surface area contributed by atoms with Crippen molar-refractivity contribution in [2.24, 2.45) is 5.73 Å². The quantitative estimate of drug-likeness (QED) is 0.691. The van der Waals surface area contributed by atoms with Crippen LogP contribution in [-0.2, 0) is 4.79 Å². The Labute approximate surface area is 111 Å². The molecular formula is C14H29N3O. The van der Waals surface area contributed by atoms with E-state index in [-0.39, 0.29) is 11.9 Å². The Morgan fingerprint density at radius 3 is 2.72 bits per heavy atom. The molecule has 0 aliphatic carbocycles. The van der Waals surface area contributed by atoms with E-state index in [4.69, 9.17) is 5.73 Å². The maximum absolute atomic E-state index is 11.4. The standard InChI is InChI=1S/C14H29N3O/c1-4-9-16-13(14(15)18)8-10-17-11(3)6-7-12(17)5-2/h11-13,16H,4-10H2,1-3H3,(H2,15,18). The summed E-state index contributed by atoms with van der Waals surface area (Å²) in [4.78, 5) is 13.9. The van der Waals surface area contributed by atoms with E-state index in [0.717, 1.165) is 25.9 Å². The van der Waals surface area contributed by atoms with Gasteiger partial charge < -0.3 is 11.1 Å². The summed E-state index contributed by atoms with van der Waals surface area (Å²) in [6.45, 7) is 8.47. The molecule has 1 heterocycles. The molecule has 3 unspecified atom stereocenters. The molecule has 3 atom stereocenters. The molecule has 1 rings (SSSR count). The van der Waals surface area contributed by atoms with Crippen molar-refractivity contribution in [3.8, 4) is 0 Å². The third-order valence-corrected chi connectivity index (χ3v) is 4.08. The van der Waals surface area contributed by atoms with Crippen molar-refractivity contribution in [1.82, 2.24) is 10.2 Å². The predicted molar refractivity (Wildman–Crippen MR) is 75.4 cm³/mol. The van der Waals surface area contributed by atoms with Crippen LogP contribution < -0.4 is 11.1 Å². The van der Waals surface area contributed by atoms with Crippen LogP contribution in [0.15, 0.2) is 0 Å². The first-order valence-corrected chi connectivity index (χ1v) is 7.38. The van der Waals surface area contributed by atoms with Crippen LogP contribution in [0.4, 0.5) is 0 Å². The van der Waals surface area contributed by atoms with Crippen LogP contribution in [0, 0.1) is 0 Å². The number of hydrogen-bond donors (Lipinski definition) is 2. The Morgan fingerprint density at radius 2 is 2.17 bits per heavy atom. The summed E-state index contributed by atoms with van der Waals surface area (Å²) in [6.07, 6.45) is 5.63. The minimum atomic E-state index is -0.219. The first-order valence-electron chi connectivity index (χ1n) is 7.38. The number of rotatable bonds is 8. The fraction of sp³-hybridized carbons (Fsp3) is 0.929. The van der Waals surface area contributed by atoms with Gasteiger partial charge in [0.25, 0.3) is 0 Å². The fourth-order valence-corrected chi connectivity index (χ4v) is 2.91. The van der Waals surface area contributed by atoms with E-state index in [2.05, 4.69) is 31.0 Å². The van der Waals surface area contributed by atoms with Crippen molar-refractivity contribution in [3.63, 3.8) is 0 Å². The number of carbonyl (C=O) groups is 1. The summed E-state index contributed by atoms with van der Waals surface area (Å²) in [5.41, 5.74) is 5.44. The number of nitrogens with zero attached hydrogens (tertiary/aromatic N) is 1. The SMILES string of the molecule is CCCNC(CCN1C(C)CCC1CC)C(N)=O. The lowest BCUT2D eigenvalue weighted by molar-refractivity contribution is -0.120. The molecule has 1 aliphatic heterocycles. The smallest absolute Gasteiger partial charge is 0.234 e. The van der Waals surface area contributed by atoms with Crippen LogP contribution in [0.25, 0.3) is 0 Å². The normalized spacial score (nSPS) is 26.4. The second kappa shape index (κ2) is 7.74. The molecule has 0 bridgehead atoms. The van der Waals surface area contributed by atoms with Gasteiger partial charge in [-0.15, -0.1) is 0 Å². The van der Waals surface area contributed by atoms with E-state index in [1.54, 1.807) is 0 Å². The topological polar surface area (TPSA) is 58.4 Å². The summed E-state index contributed by atoms with van der Waals surface area (Å²) >= 11 is 0. The molecule has 18 heavy (non-hydrogen) atoms. The van der Waals surface area contributed by atoms with Gasteiger partial charge >= 0.3 is 0 Å². The van der Waals surface area contributed by atoms with E-state index in [9.17, 15) is 4.79 Å². The zero-order valence-corrected chi connectivity index (χ0v) is 12.1. The average molecular weight is 255 g/mol. The van der Waals surface area contributed by atoms with Gasteiger partial charge in [0.2, 0.25) is 5.91 Å². The van der Waals surface area contributed by atoms with Gasteiger partial charge in [-0.1, -0.05) is 13.8 Å². The number of nitrogens with two attached hydrogens (primary N) is 1. The van der Waals surface area contributed by atoms with Gasteiger partial charge in [-0.3, -0.25) is 9.69 Å². The van der Waals surface area contributed by atoms with E-state index in [1.807, 2.05) is 0 Å². The molecule has 1 amide bonds. The Morgan fingerprint density at radius 1 is 1.44 bits per heavy atom. The number of primary amides is 1. The second-order valence-electron chi connectivity index (χ2n) is 5.42. The van der Waals surface area contributed by atoms with Gasteiger partial charge in [-0.05, 0) is 45.6 Å². The fourth-order valence-electron chi connectivity index (χ4n) is 2.91. The Kier molecular flexibility index (Phi) is 6.65. The van der Waals surface area contributed by atoms with Crippen LogP contribution in [0.2, 0.25) is 0 Å². The average Bonchev–Trinajstić information content (AvgIpc) is 2.70. The molecule has 0 radical (unpaired) electrons. The van der Waals surface area contributed by atoms with Crippen molar-refractivity contribution < 1.29 is 4.79 Å². The summed E-state index contributed by atoms with van der Waals surface area (Å²) in [5, 5.41) is 3.24. The first-order chi connectivity index (χ1) is 8.60. The van der Waals surface area contributed by atoms with Crippen LogP contribution >= 0.6 is 0 Å². The lowest BCUT2D eigenvalue weighted by atomic mass is 10.1. The highest BCUT2D eigenvalue weighted by atomic mass is 16.1. The number of nitrogens with one attached hydrogen (secondary N) is 1. The Balaban J connectivity index is 2.42. The highest BCUT2D eigenvalue weighted by Gasteiger charge is 2.29. The molecule has 4 heteroatoms. The lowest BCUT2D eigenvalue weighted by Crippen LogP contribution is -2.45. The third kappa shape index (κ3) is 4.25. The predicted octanol–water partition coefficient (Wildman–Crippen LogP) is 1.49. The van der Waals surface area contributed by atoms with E-state index < -0.39 is 0 Å². The molecule has 1 saturated heterocycles. The van der Waals surface area contributed by atoms with Gasteiger partial charge in [-0.25, -0.2) is 0 Å². The van der Waals surface area contributed by atoms with Crippen molar-refractivity contribution in [3.05, 3.63) is 0 Å². The first kappa shape index (κ1) is 15.4. The van der Waals surface area contributed by atoms with E-state index in [1.165, 1.54) is 19.3 Å². The largest absolute Gasteiger partial charge is 0.368 e. The third-order valence-electron chi connectivity index (χ3n) is 4.08. The molecule has 0 saturated carbocycles. The molecule has 4 nitrogen and oxygen atoms in total. The molecule has 0 aromatic rings. The van der Waals surface area contributed by atoms with Crippen LogP contribution in [0.3, 0.4) is 0 Å².